The molecule has 0 spiro atoms. The molecule has 4 rings (SSSR count). The van der Waals surface area contributed by atoms with Crippen molar-refractivity contribution in [3.63, 3.8) is 0 Å². The Morgan fingerprint density at radius 1 is 1.36 bits per heavy atom. The van der Waals surface area contributed by atoms with Gasteiger partial charge in [-0.05, 0) is 43.2 Å². The van der Waals surface area contributed by atoms with Crippen molar-refractivity contribution in [2.45, 2.75) is 25.6 Å². The molecule has 0 radical (unpaired) electrons. The average Bonchev–Trinajstić information content (AvgIpc) is 3.26. The molecule has 1 aliphatic rings. The highest BCUT2D eigenvalue weighted by Gasteiger charge is 2.21. The minimum Gasteiger partial charge on any atom is -0.350 e. The molecule has 3 heterocycles. The molecule has 3 aromatic rings. The van der Waals surface area contributed by atoms with Crippen LogP contribution in [0.3, 0.4) is 0 Å². The van der Waals surface area contributed by atoms with Gasteiger partial charge in [0.05, 0.1) is 4.88 Å². The summed E-state index contributed by atoms with van der Waals surface area (Å²) in [5.41, 5.74) is 4.27. The maximum atomic E-state index is 12.5. The lowest BCUT2D eigenvalue weighted by atomic mass is 10.2. The predicted octanol–water partition coefficient (Wildman–Crippen LogP) is 4.10. The van der Waals surface area contributed by atoms with E-state index in [-0.39, 0.29) is 12.2 Å². The summed E-state index contributed by atoms with van der Waals surface area (Å²) in [5.74, 6) is 0.522. The summed E-state index contributed by atoms with van der Waals surface area (Å²) in [6, 6.07) is 9.80. The number of amides is 1. The van der Waals surface area contributed by atoms with Crippen LogP contribution in [0.2, 0.25) is 0 Å². The van der Waals surface area contributed by atoms with Gasteiger partial charge in [0, 0.05) is 37.3 Å². The number of imidazole rings is 1. The monoisotopic (exact) mass is 464 g/mol. The summed E-state index contributed by atoms with van der Waals surface area (Å²) >= 11 is 4.85. The number of halogens is 1. The lowest BCUT2D eigenvalue weighted by molar-refractivity contribution is -0.186. The molecule has 0 saturated carbocycles. The predicted molar refractivity (Wildman–Crippen MR) is 113 cm³/mol. The summed E-state index contributed by atoms with van der Waals surface area (Å²) in [4.78, 5) is 26.1. The highest BCUT2D eigenvalue weighted by molar-refractivity contribution is 9.10. The molecular weight excluding hydrogens is 444 g/mol. The zero-order chi connectivity index (χ0) is 19.7. The lowest BCUT2D eigenvalue weighted by Gasteiger charge is -2.21. The molecule has 0 bridgehead atoms. The summed E-state index contributed by atoms with van der Waals surface area (Å²) in [6.07, 6.45) is 2.48. The summed E-state index contributed by atoms with van der Waals surface area (Å²) in [6.45, 7) is 0.665. The Balaban J connectivity index is 1.61. The number of benzene rings is 1. The molecule has 1 unspecified atom stereocenters. The number of carbonyl (C=O) groups is 1. The second-order valence-corrected chi connectivity index (χ2v) is 8.71. The van der Waals surface area contributed by atoms with E-state index in [1.54, 1.807) is 6.07 Å². The smallest absolute Gasteiger partial charge is 0.285 e. The molecular formula is C19H21BrN4O3S. The van der Waals surface area contributed by atoms with Gasteiger partial charge >= 0.3 is 0 Å². The minimum atomic E-state index is -0.373. The normalized spacial score (nSPS) is 17.0. The van der Waals surface area contributed by atoms with Crippen LogP contribution in [0.5, 0.6) is 0 Å². The van der Waals surface area contributed by atoms with Gasteiger partial charge in [0.1, 0.15) is 10.3 Å². The Labute approximate surface area is 175 Å². The third kappa shape index (κ3) is 3.93. The molecule has 1 atom stereocenters. The van der Waals surface area contributed by atoms with Crippen LogP contribution in [0.25, 0.3) is 16.0 Å². The maximum absolute atomic E-state index is 12.5. The number of anilines is 1. The molecule has 0 aliphatic carbocycles. The van der Waals surface area contributed by atoms with Crippen LogP contribution >= 0.6 is 27.3 Å². The van der Waals surface area contributed by atoms with Crippen molar-refractivity contribution in [1.29, 1.82) is 0 Å². The second-order valence-electron chi connectivity index (χ2n) is 6.76. The van der Waals surface area contributed by atoms with Crippen LogP contribution in [0.4, 0.5) is 5.95 Å². The Kier molecular flexibility index (Phi) is 5.68. The van der Waals surface area contributed by atoms with Crippen LogP contribution in [0.15, 0.2) is 34.8 Å². The molecule has 1 saturated heterocycles. The largest absolute Gasteiger partial charge is 0.350 e. The molecule has 9 heteroatoms. The highest BCUT2D eigenvalue weighted by atomic mass is 79.9. The fourth-order valence-corrected chi connectivity index (χ4v) is 4.33. The fraction of sp³-hybridized carbons (Fsp3) is 0.368. The number of hydroxylamine groups is 1. The third-order valence-corrected chi connectivity index (χ3v) is 6.08. The third-order valence-electron chi connectivity index (χ3n) is 4.45. The van der Waals surface area contributed by atoms with Crippen LogP contribution in [-0.2, 0) is 9.57 Å². The van der Waals surface area contributed by atoms with E-state index in [1.165, 1.54) is 11.3 Å². The van der Waals surface area contributed by atoms with E-state index < -0.39 is 0 Å². The summed E-state index contributed by atoms with van der Waals surface area (Å²) < 4.78 is 8.53. The van der Waals surface area contributed by atoms with E-state index in [9.17, 15) is 4.79 Å². The van der Waals surface area contributed by atoms with Crippen LogP contribution in [-0.4, -0.2) is 42.5 Å². The first-order valence-corrected chi connectivity index (χ1v) is 10.7. The number of carbonyl (C=O) groups excluding carboxylic acids is 1. The lowest BCUT2D eigenvalue weighted by Crippen LogP contribution is -2.32. The van der Waals surface area contributed by atoms with Gasteiger partial charge < -0.3 is 9.64 Å². The number of rotatable bonds is 5. The number of hydrogen-bond donors (Lipinski definition) is 1. The van der Waals surface area contributed by atoms with Gasteiger partial charge in [-0.1, -0.05) is 15.9 Å². The molecule has 1 fully saturated rings. The van der Waals surface area contributed by atoms with E-state index in [2.05, 4.69) is 21.4 Å². The van der Waals surface area contributed by atoms with Crippen molar-refractivity contribution in [3.05, 3.63) is 39.7 Å². The van der Waals surface area contributed by atoms with Gasteiger partial charge in [-0.2, -0.15) is 0 Å². The Morgan fingerprint density at radius 3 is 2.82 bits per heavy atom. The van der Waals surface area contributed by atoms with Crippen molar-refractivity contribution in [2.24, 2.45) is 0 Å². The maximum Gasteiger partial charge on any atom is 0.285 e. The minimum absolute atomic E-state index is 0.286. The molecule has 1 aliphatic heterocycles. The van der Waals surface area contributed by atoms with Gasteiger partial charge in [-0.25, -0.2) is 15.3 Å². The van der Waals surface area contributed by atoms with Crippen LogP contribution in [0, 0.1) is 0 Å². The number of ether oxygens (including phenoxy) is 1. The molecule has 1 N–H and O–H groups in total. The van der Waals surface area contributed by atoms with Crippen molar-refractivity contribution in [1.82, 2.24) is 15.0 Å². The van der Waals surface area contributed by atoms with E-state index >= 15 is 0 Å². The summed E-state index contributed by atoms with van der Waals surface area (Å²) in [7, 11) is 3.90. The number of thiophene rings is 1. The first-order chi connectivity index (χ1) is 13.5. The molecule has 2 aromatic heterocycles. The standard InChI is InChI=1S/C19H21BrN4O3S/c1-23(2)19-21-14-11-15(17(25)22-27-16-5-3-4-10-26-16)28-18(14)24(19)13-8-6-12(20)7-9-13/h6-9,11,16H,3-5,10H2,1-2H3,(H,22,25). The first kappa shape index (κ1) is 19.4. The summed E-state index contributed by atoms with van der Waals surface area (Å²) in [5, 5.41) is 0. The topological polar surface area (TPSA) is 68.6 Å². The molecule has 1 aromatic carbocycles. The molecule has 28 heavy (non-hydrogen) atoms. The van der Waals surface area contributed by atoms with Gasteiger partial charge in [-0.15, -0.1) is 11.3 Å². The van der Waals surface area contributed by atoms with E-state index in [0.29, 0.717) is 11.5 Å². The van der Waals surface area contributed by atoms with Gasteiger partial charge in [0.15, 0.2) is 6.29 Å². The first-order valence-electron chi connectivity index (χ1n) is 9.06. The quantitative estimate of drug-likeness (QED) is 0.575. The van der Waals surface area contributed by atoms with Crippen molar-refractivity contribution in [3.8, 4) is 5.69 Å². The van der Waals surface area contributed by atoms with Crippen LogP contribution in [0.1, 0.15) is 28.9 Å². The van der Waals surface area contributed by atoms with Crippen molar-refractivity contribution >= 4 is 49.5 Å². The van der Waals surface area contributed by atoms with Crippen molar-refractivity contribution < 1.29 is 14.4 Å². The zero-order valence-corrected chi connectivity index (χ0v) is 18.0. The average molecular weight is 465 g/mol. The number of nitrogens with one attached hydrogen (secondary N) is 1. The van der Waals surface area contributed by atoms with E-state index in [0.717, 1.165) is 45.7 Å². The van der Waals surface area contributed by atoms with Crippen molar-refractivity contribution in [2.75, 3.05) is 25.6 Å². The molecule has 1 amide bonds. The van der Waals surface area contributed by atoms with E-state index in [1.807, 2.05) is 47.8 Å². The SMILES string of the molecule is CN(C)c1nc2cc(C(=O)NOC3CCCCO3)sc2n1-c1ccc(Br)cc1. The number of nitrogens with zero attached hydrogens (tertiary/aromatic N) is 3. The Bertz CT molecular complexity index is 977. The Morgan fingerprint density at radius 2 is 2.14 bits per heavy atom. The molecule has 148 valence electrons. The number of aromatic nitrogens is 2. The second kappa shape index (κ2) is 8.20. The number of fused-ring (bicyclic) bond motifs is 1. The van der Waals surface area contributed by atoms with Gasteiger partial charge in [0.2, 0.25) is 5.95 Å². The molecule has 7 nitrogen and oxygen atoms in total. The number of hydrogen-bond acceptors (Lipinski definition) is 6. The zero-order valence-electron chi connectivity index (χ0n) is 15.6. The Hall–Kier alpha value is -1.94. The fourth-order valence-electron chi connectivity index (χ4n) is 3.07. The van der Waals surface area contributed by atoms with Gasteiger partial charge in [-0.3, -0.25) is 9.36 Å². The van der Waals surface area contributed by atoms with Crippen LogP contribution < -0.4 is 10.4 Å². The van der Waals surface area contributed by atoms with Gasteiger partial charge in [0.25, 0.3) is 5.91 Å². The van der Waals surface area contributed by atoms with E-state index in [4.69, 9.17) is 14.6 Å². The highest BCUT2D eigenvalue weighted by Crippen LogP contribution is 2.33.